The minimum atomic E-state index is 0.118. The van der Waals surface area contributed by atoms with Crippen LogP contribution in [0.3, 0.4) is 0 Å². The number of methoxy groups -OCH3 is 2. The lowest BCUT2D eigenvalue weighted by atomic mass is 10.1. The molecule has 1 N–H and O–H groups in total. The molecule has 114 valence electrons. The summed E-state index contributed by atoms with van der Waals surface area (Å²) in [5.74, 6) is 2.37. The van der Waals surface area contributed by atoms with Crippen molar-refractivity contribution in [3.63, 3.8) is 0 Å². The maximum absolute atomic E-state index is 5.34. The second-order valence-corrected chi connectivity index (χ2v) is 5.50. The van der Waals surface area contributed by atoms with E-state index in [1.54, 1.807) is 14.2 Å². The van der Waals surface area contributed by atoms with E-state index in [9.17, 15) is 0 Å². The van der Waals surface area contributed by atoms with Gasteiger partial charge in [0, 0.05) is 18.0 Å². The Hall–Kier alpha value is -1.82. The molecule has 5 nitrogen and oxygen atoms in total. The zero-order valence-corrected chi connectivity index (χ0v) is 13.7. The fraction of sp³-hybridized carbons (Fsp3) is 0.467. The molecule has 0 saturated carbocycles. The molecule has 0 amide bonds. The van der Waals surface area contributed by atoms with Gasteiger partial charge in [-0.05, 0) is 31.0 Å². The third kappa shape index (κ3) is 3.85. The van der Waals surface area contributed by atoms with E-state index in [1.807, 2.05) is 18.2 Å². The molecule has 1 unspecified atom stereocenters. The lowest BCUT2D eigenvalue weighted by Gasteiger charge is -2.15. The lowest BCUT2D eigenvalue weighted by Crippen LogP contribution is -2.07. The number of nitrogens with zero attached hydrogens (tertiary/aromatic N) is 2. The van der Waals surface area contributed by atoms with Gasteiger partial charge in [0.1, 0.15) is 5.82 Å². The number of anilines is 1. The Bertz CT molecular complexity index is 586. The van der Waals surface area contributed by atoms with Crippen molar-refractivity contribution in [2.75, 3.05) is 19.5 Å². The number of rotatable bonds is 7. The van der Waals surface area contributed by atoms with Gasteiger partial charge in [-0.2, -0.15) is 4.37 Å². The van der Waals surface area contributed by atoms with Crippen molar-refractivity contribution in [1.82, 2.24) is 9.36 Å². The minimum absolute atomic E-state index is 0.118. The second-order valence-electron chi connectivity index (χ2n) is 4.75. The molecule has 0 radical (unpaired) electrons. The molecular weight excluding hydrogens is 286 g/mol. The maximum atomic E-state index is 5.34. The summed E-state index contributed by atoms with van der Waals surface area (Å²) in [5, 5.41) is 4.22. The summed E-state index contributed by atoms with van der Waals surface area (Å²) in [4.78, 5) is 4.48. The van der Waals surface area contributed by atoms with Gasteiger partial charge in [0.2, 0.25) is 5.13 Å². The first kappa shape index (κ1) is 15.6. The van der Waals surface area contributed by atoms with Crippen molar-refractivity contribution >= 4 is 16.7 Å². The van der Waals surface area contributed by atoms with Crippen LogP contribution in [0.15, 0.2) is 18.2 Å². The van der Waals surface area contributed by atoms with Crippen LogP contribution in [0.4, 0.5) is 5.13 Å². The molecule has 1 aromatic carbocycles. The largest absolute Gasteiger partial charge is 0.493 e. The molecule has 0 aliphatic heterocycles. The number of hydrogen-bond donors (Lipinski definition) is 1. The number of aryl methyl sites for hydroxylation is 1. The van der Waals surface area contributed by atoms with Crippen molar-refractivity contribution in [3.8, 4) is 11.5 Å². The van der Waals surface area contributed by atoms with Crippen LogP contribution in [-0.4, -0.2) is 23.6 Å². The summed E-state index contributed by atoms with van der Waals surface area (Å²) < 4.78 is 14.9. The standard InChI is InChI=1S/C15H21N3O2S/c1-5-6-14-17-15(21-18-14)16-10(2)11-7-8-12(19-3)13(9-11)20-4/h7-10H,5-6H2,1-4H3,(H,16,17,18). The third-order valence-electron chi connectivity index (χ3n) is 3.19. The van der Waals surface area contributed by atoms with Crippen molar-refractivity contribution in [1.29, 1.82) is 0 Å². The van der Waals surface area contributed by atoms with E-state index in [2.05, 4.69) is 28.5 Å². The molecule has 21 heavy (non-hydrogen) atoms. The molecular formula is C15H21N3O2S. The van der Waals surface area contributed by atoms with Crippen LogP contribution in [0.5, 0.6) is 11.5 Å². The molecule has 2 aromatic rings. The summed E-state index contributed by atoms with van der Waals surface area (Å²) in [5.41, 5.74) is 1.11. The van der Waals surface area contributed by atoms with E-state index >= 15 is 0 Å². The fourth-order valence-corrected chi connectivity index (χ4v) is 2.73. The Morgan fingerprint density at radius 1 is 1.24 bits per heavy atom. The Labute approximate surface area is 129 Å². The van der Waals surface area contributed by atoms with Crippen molar-refractivity contribution in [2.24, 2.45) is 0 Å². The van der Waals surface area contributed by atoms with Gasteiger partial charge in [0.25, 0.3) is 0 Å². The van der Waals surface area contributed by atoms with Gasteiger partial charge >= 0.3 is 0 Å². The molecule has 0 aliphatic rings. The van der Waals surface area contributed by atoms with Crippen molar-refractivity contribution in [2.45, 2.75) is 32.7 Å². The summed E-state index contributed by atoms with van der Waals surface area (Å²) in [6.45, 7) is 4.21. The zero-order chi connectivity index (χ0) is 15.2. The Morgan fingerprint density at radius 2 is 2.00 bits per heavy atom. The molecule has 1 aromatic heterocycles. The summed E-state index contributed by atoms with van der Waals surface area (Å²) in [6.07, 6.45) is 1.98. The molecule has 0 bridgehead atoms. The van der Waals surface area contributed by atoms with E-state index in [0.717, 1.165) is 40.9 Å². The summed E-state index contributed by atoms with van der Waals surface area (Å²) >= 11 is 1.40. The Kier molecular flexibility index (Phi) is 5.38. The van der Waals surface area contributed by atoms with E-state index < -0.39 is 0 Å². The SMILES string of the molecule is CCCc1nsc(NC(C)c2ccc(OC)c(OC)c2)n1. The van der Waals surface area contributed by atoms with Gasteiger partial charge in [0.15, 0.2) is 11.5 Å². The molecule has 0 aliphatic carbocycles. The van der Waals surface area contributed by atoms with Gasteiger partial charge < -0.3 is 14.8 Å². The number of nitrogens with one attached hydrogen (secondary N) is 1. The minimum Gasteiger partial charge on any atom is -0.493 e. The molecule has 0 saturated heterocycles. The van der Waals surface area contributed by atoms with Gasteiger partial charge in [-0.3, -0.25) is 0 Å². The van der Waals surface area contributed by atoms with E-state index in [0.29, 0.717) is 0 Å². The quantitative estimate of drug-likeness (QED) is 0.845. The molecule has 6 heteroatoms. The highest BCUT2D eigenvalue weighted by molar-refractivity contribution is 7.09. The smallest absolute Gasteiger partial charge is 0.203 e. The highest BCUT2D eigenvalue weighted by Gasteiger charge is 2.12. The predicted octanol–water partition coefficient (Wildman–Crippen LogP) is 3.68. The molecule has 0 fully saturated rings. The number of aromatic nitrogens is 2. The Morgan fingerprint density at radius 3 is 2.67 bits per heavy atom. The average molecular weight is 307 g/mol. The van der Waals surface area contributed by atoms with E-state index in [4.69, 9.17) is 9.47 Å². The Balaban J connectivity index is 2.10. The summed E-state index contributed by atoms with van der Waals surface area (Å²) in [7, 11) is 3.28. The van der Waals surface area contributed by atoms with Crippen LogP contribution >= 0.6 is 11.5 Å². The van der Waals surface area contributed by atoms with Crippen LogP contribution < -0.4 is 14.8 Å². The lowest BCUT2D eigenvalue weighted by molar-refractivity contribution is 0.354. The van der Waals surface area contributed by atoms with Crippen LogP contribution in [0.2, 0.25) is 0 Å². The van der Waals surface area contributed by atoms with Crippen LogP contribution in [-0.2, 0) is 6.42 Å². The average Bonchev–Trinajstić information content (AvgIpc) is 2.94. The fourth-order valence-electron chi connectivity index (χ4n) is 2.03. The number of hydrogen-bond acceptors (Lipinski definition) is 6. The highest BCUT2D eigenvalue weighted by Crippen LogP contribution is 2.31. The first-order valence-electron chi connectivity index (χ1n) is 6.99. The first-order chi connectivity index (χ1) is 10.2. The summed E-state index contributed by atoms with van der Waals surface area (Å²) in [6, 6.07) is 6.03. The topological polar surface area (TPSA) is 56.3 Å². The van der Waals surface area contributed by atoms with Gasteiger partial charge in [-0.25, -0.2) is 4.98 Å². The number of ether oxygens (including phenoxy) is 2. The monoisotopic (exact) mass is 307 g/mol. The zero-order valence-electron chi connectivity index (χ0n) is 12.8. The van der Waals surface area contributed by atoms with Gasteiger partial charge in [-0.15, -0.1) is 0 Å². The van der Waals surface area contributed by atoms with Crippen molar-refractivity contribution in [3.05, 3.63) is 29.6 Å². The van der Waals surface area contributed by atoms with E-state index in [-0.39, 0.29) is 6.04 Å². The van der Waals surface area contributed by atoms with Crippen molar-refractivity contribution < 1.29 is 9.47 Å². The molecule has 1 atom stereocenters. The third-order valence-corrected chi connectivity index (χ3v) is 3.87. The predicted molar refractivity (Wildman–Crippen MR) is 85.5 cm³/mol. The number of benzene rings is 1. The highest BCUT2D eigenvalue weighted by atomic mass is 32.1. The first-order valence-corrected chi connectivity index (χ1v) is 7.76. The normalized spacial score (nSPS) is 12.0. The molecule has 0 spiro atoms. The van der Waals surface area contributed by atoms with Crippen LogP contribution in [0, 0.1) is 0 Å². The molecule has 2 rings (SSSR count). The second kappa shape index (κ2) is 7.26. The van der Waals surface area contributed by atoms with Crippen LogP contribution in [0.1, 0.15) is 37.7 Å². The van der Waals surface area contributed by atoms with Crippen LogP contribution in [0.25, 0.3) is 0 Å². The van der Waals surface area contributed by atoms with Gasteiger partial charge in [-0.1, -0.05) is 13.0 Å². The molecule has 1 heterocycles. The maximum Gasteiger partial charge on any atom is 0.203 e. The van der Waals surface area contributed by atoms with Gasteiger partial charge in [0.05, 0.1) is 20.3 Å². The van der Waals surface area contributed by atoms with E-state index in [1.165, 1.54) is 11.5 Å².